The second-order valence-corrected chi connectivity index (χ2v) is 10.6. The van der Waals surface area contributed by atoms with Gasteiger partial charge in [0.2, 0.25) is 0 Å². The molecule has 2 aliphatic rings. The van der Waals surface area contributed by atoms with Crippen LogP contribution in [0.1, 0.15) is 58.9 Å². The fourth-order valence-corrected chi connectivity index (χ4v) is 6.09. The number of carbonyl (C=O) groups is 3. The van der Waals surface area contributed by atoms with Crippen LogP contribution in [0, 0.1) is 6.92 Å². The number of ether oxygens (including phenoxy) is 4. The molecule has 1 N–H and O–H groups in total. The number of Topliss-reactive ketones (excluding diaryl/α,β-unsaturated/α-hetero) is 1. The number of benzene rings is 2. The molecule has 41 heavy (non-hydrogen) atoms. The van der Waals surface area contributed by atoms with Crippen molar-refractivity contribution in [3.05, 3.63) is 69.2 Å². The highest BCUT2D eigenvalue weighted by Gasteiger charge is 2.48. The molecule has 5 rings (SSSR count). The average molecular weight is 579 g/mol. The van der Waals surface area contributed by atoms with Crippen molar-refractivity contribution >= 4 is 39.9 Å². The molecule has 0 bridgehead atoms. The second-order valence-electron chi connectivity index (χ2n) is 9.60. The number of aryl methyl sites for hydroxylation is 1. The minimum Gasteiger partial charge on any atom is -0.507 e. The maximum absolute atomic E-state index is 13.6. The van der Waals surface area contributed by atoms with E-state index in [1.54, 1.807) is 43.3 Å². The zero-order valence-electron chi connectivity index (χ0n) is 23.3. The van der Waals surface area contributed by atoms with Gasteiger partial charge in [0.05, 0.1) is 37.6 Å². The maximum Gasteiger partial charge on any atom is 0.350 e. The van der Waals surface area contributed by atoms with E-state index in [4.69, 9.17) is 18.9 Å². The molecule has 1 fully saturated rings. The third kappa shape index (κ3) is 5.01. The third-order valence-corrected chi connectivity index (χ3v) is 8.00. The van der Waals surface area contributed by atoms with Crippen molar-refractivity contribution in [2.45, 2.75) is 46.3 Å². The first-order valence-electron chi connectivity index (χ1n) is 13.2. The number of amides is 1. The zero-order valence-corrected chi connectivity index (χ0v) is 24.2. The van der Waals surface area contributed by atoms with Crippen molar-refractivity contribution in [2.75, 3.05) is 25.2 Å². The number of rotatable bonds is 8. The highest BCUT2D eigenvalue weighted by Crippen LogP contribution is 2.46. The normalized spacial score (nSPS) is 19.2. The first-order chi connectivity index (χ1) is 19.7. The van der Waals surface area contributed by atoms with Gasteiger partial charge in [-0.05, 0) is 69.2 Å². The van der Waals surface area contributed by atoms with Crippen molar-refractivity contribution in [1.29, 1.82) is 0 Å². The summed E-state index contributed by atoms with van der Waals surface area (Å²) in [6, 6.07) is 9.20. The van der Waals surface area contributed by atoms with E-state index in [0.717, 1.165) is 16.9 Å². The molecule has 1 saturated heterocycles. The number of hydrogen-bond donors (Lipinski definition) is 1. The maximum atomic E-state index is 13.6. The molecular formula is C30H30N2O8S. The number of aliphatic hydroxyl groups excluding tert-OH is 1. The Hall–Kier alpha value is -4.38. The summed E-state index contributed by atoms with van der Waals surface area (Å²) in [5.41, 5.74) is 2.01. The molecule has 0 saturated carbocycles. The number of nitrogens with zero attached hydrogens (tertiary/aromatic N) is 2. The lowest BCUT2D eigenvalue weighted by Gasteiger charge is -2.24. The smallest absolute Gasteiger partial charge is 0.350 e. The second kappa shape index (κ2) is 11.2. The van der Waals surface area contributed by atoms with Gasteiger partial charge in [-0.1, -0.05) is 17.4 Å². The van der Waals surface area contributed by atoms with Crippen LogP contribution in [-0.4, -0.2) is 54.2 Å². The lowest BCUT2D eigenvalue weighted by atomic mass is 9.94. The Balaban J connectivity index is 1.71. The summed E-state index contributed by atoms with van der Waals surface area (Å²) in [5, 5.41) is 11.7. The fraction of sp³-hybridized carbons (Fsp3) is 0.333. The molecule has 0 aliphatic carbocycles. The minimum atomic E-state index is -1.07. The summed E-state index contributed by atoms with van der Waals surface area (Å²) >= 11 is 0.936. The Kier molecular flexibility index (Phi) is 7.72. The van der Waals surface area contributed by atoms with Crippen LogP contribution in [-0.2, 0) is 20.7 Å². The molecule has 3 heterocycles. The zero-order chi connectivity index (χ0) is 29.4. The van der Waals surface area contributed by atoms with Crippen molar-refractivity contribution < 1.29 is 38.4 Å². The van der Waals surface area contributed by atoms with Gasteiger partial charge < -0.3 is 24.1 Å². The van der Waals surface area contributed by atoms with E-state index in [9.17, 15) is 19.5 Å². The van der Waals surface area contributed by atoms with E-state index < -0.39 is 23.7 Å². The van der Waals surface area contributed by atoms with Gasteiger partial charge in [0, 0.05) is 12.0 Å². The molecule has 214 valence electrons. The number of anilines is 1. The molecule has 0 spiro atoms. The van der Waals surface area contributed by atoms with Gasteiger partial charge >= 0.3 is 11.9 Å². The van der Waals surface area contributed by atoms with Crippen molar-refractivity contribution in [1.82, 2.24) is 4.98 Å². The van der Waals surface area contributed by atoms with E-state index in [0.29, 0.717) is 53.7 Å². The monoisotopic (exact) mass is 578 g/mol. The van der Waals surface area contributed by atoms with Gasteiger partial charge in [-0.3, -0.25) is 14.5 Å². The fourth-order valence-electron chi connectivity index (χ4n) is 5.08. The number of carbonyl (C=O) groups excluding carboxylic acids is 3. The summed E-state index contributed by atoms with van der Waals surface area (Å²) < 4.78 is 22.2. The molecule has 3 aromatic rings. The Morgan fingerprint density at radius 3 is 2.56 bits per heavy atom. The number of thiazole rings is 1. The number of esters is 1. The Morgan fingerprint density at radius 1 is 1.12 bits per heavy atom. The number of methoxy groups -OCH3 is 1. The topological polar surface area (TPSA) is 124 Å². The lowest BCUT2D eigenvalue weighted by Crippen LogP contribution is -2.29. The molecule has 1 aromatic heterocycles. The van der Waals surface area contributed by atoms with Crippen molar-refractivity contribution in [3.63, 3.8) is 0 Å². The third-order valence-electron chi connectivity index (χ3n) is 6.86. The number of aliphatic hydroxyl groups is 1. The van der Waals surface area contributed by atoms with Crippen LogP contribution in [0.15, 0.2) is 42.0 Å². The van der Waals surface area contributed by atoms with Gasteiger partial charge in [0.25, 0.3) is 5.78 Å². The van der Waals surface area contributed by atoms with Gasteiger partial charge in [0.15, 0.2) is 16.6 Å². The highest BCUT2D eigenvalue weighted by molar-refractivity contribution is 7.17. The Bertz CT molecular complexity index is 1580. The number of ketones is 1. The molecule has 0 radical (unpaired) electrons. The van der Waals surface area contributed by atoms with Gasteiger partial charge in [0.1, 0.15) is 22.5 Å². The molecule has 10 nitrogen and oxygen atoms in total. The average Bonchev–Trinajstić information content (AvgIpc) is 3.60. The summed E-state index contributed by atoms with van der Waals surface area (Å²) in [6.07, 6.45) is 0.644. The molecule has 2 aromatic carbocycles. The van der Waals surface area contributed by atoms with Crippen LogP contribution in [0.25, 0.3) is 5.76 Å². The molecule has 2 atom stereocenters. The standard InChI is InChI=1S/C30H30N2O8S/c1-6-38-21-11-8-17(14-22(21)39-7-2)24-23(25(33)18-9-10-20-19(13-18)12-15(3)40-20)26(34)28(35)32(24)30-31-16(4)27(41-30)29(36)37-5/h8-11,13-15,24,33H,6-7,12H2,1-5H3/b25-23+/t15-,24+/m1/s1. The van der Waals surface area contributed by atoms with Crippen LogP contribution >= 0.6 is 11.3 Å². The van der Waals surface area contributed by atoms with Crippen molar-refractivity contribution in [3.8, 4) is 17.2 Å². The van der Waals surface area contributed by atoms with Crippen LogP contribution < -0.4 is 19.1 Å². The predicted octanol–water partition coefficient (Wildman–Crippen LogP) is 4.99. The number of hydrogen-bond acceptors (Lipinski definition) is 10. The number of aromatic nitrogens is 1. The van der Waals surface area contributed by atoms with Gasteiger partial charge in [-0.25, -0.2) is 9.78 Å². The van der Waals surface area contributed by atoms with E-state index in [1.807, 2.05) is 20.8 Å². The summed E-state index contributed by atoms with van der Waals surface area (Å²) in [6.45, 7) is 8.02. The summed E-state index contributed by atoms with van der Waals surface area (Å²) in [5.74, 6) is -1.05. The Labute approximate surface area is 241 Å². The highest BCUT2D eigenvalue weighted by atomic mass is 32.1. The summed E-state index contributed by atoms with van der Waals surface area (Å²) in [7, 11) is 1.25. The number of fused-ring (bicyclic) bond motifs is 1. The molecule has 0 unspecified atom stereocenters. The van der Waals surface area contributed by atoms with Gasteiger partial charge in [-0.2, -0.15) is 0 Å². The lowest BCUT2D eigenvalue weighted by molar-refractivity contribution is -0.132. The van der Waals surface area contributed by atoms with E-state index in [-0.39, 0.29) is 27.4 Å². The van der Waals surface area contributed by atoms with Crippen LogP contribution in [0.4, 0.5) is 5.13 Å². The van der Waals surface area contributed by atoms with Crippen molar-refractivity contribution in [2.24, 2.45) is 0 Å². The molecule has 1 amide bonds. The van der Waals surface area contributed by atoms with Crippen LogP contribution in [0.2, 0.25) is 0 Å². The van der Waals surface area contributed by atoms with E-state index >= 15 is 0 Å². The summed E-state index contributed by atoms with van der Waals surface area (Å²) in [4.78, 5) is 45.4. The first kappa shape index (κ1) is 28.2. The minimum absolute atomic E-state index is 0.00836. The SMILES string of the molecule is CCOc1ccc([C@H]2/C(=C(\O)c3ccc4c(c3)C[C@@H](C)O4)C(=O)C(=O)N2c2nc(C)c(C(=O)OC)s2)cc1OCC. The first-order valence-corrected chi connectivity index (χ1v) is 14.1. The molecule has 2 aliphatic heterocycles. The Morgan fingerprint density at radius 2 is 1.85 bits per heavy atom. The quantitative estimate of drug-likeness (QED) is 0.170. The molecular weight excluding hydrogens is 548 g/mol. The van der Waals surface area contributed by atoms with Crippen LogP contribution in [0.3, 0.4) is 0 Å². The molecule has 11 heteroatoms. The van der Waals surface area contributed by atoms with Gasteiger partial charge in [-0.15, -0.1) is 0 Å². The van der Waals surface area contributed by atoms with E-state index in [1.165, 1.54) is 12.0 Å². The predicted molar refractivity (Wildman–Crippen MR) is 152 cm³/mol. The largest absolute Gasteiger partial charge is 0.507 e. The van der Waals surface area contributed by atoms with Crippen LogP contribution in [0.5, 0.6) is 17.2 Å². The van der Waals surface area contributed by atoms with E-state index in [2.05, 4.69) is 4.98 Å².